The largest absolute Gasteiger partial charge is 0.494 e. The highest BCUT2D eigenvalue weighted by Crippen LogP contribution is 2.27. The normalized spacial score (nSPS) is 12.1. The maximum absolute atomic E-state index is 14.0. The number of amides is 2. The number of halogens is 2. The van der Waals surface area contributed by atoms with Crippen molar-refractivity contribution >= 4 is 43.5 Å². The first-order valence-electron chi connectivity index (χ1n) is 13.3. The number of benzene rings is 3. The van der Waals surface area contributed by atoms with E-state index in [9.17, 15) is 22.4 Å². The van der Waals surface area contributed by atoms with Gasteiger partial charge in [-0.2, -0.15) is 0 Å². The first-order valence-corrected chi connectivity index (χ1v) is 15.5. The van der Waals surface area contributed by atoms with Gasteiger partial charge in [-0.15, -0.1) is 0 Å². The second-order valence-corrected chi connectivity index (χ2v) is 12.4. The third kappa shape index (κ3) is 8.53. The van der Waals surface area contributed by atoms with Gasteiger partial charge in [0.25, 0.3) is 10.0 Å². The lowest BCUT2D eigenvalue weighted by molar-refractivity contribution is -0.140. The Bertz CT molecular complexity index is 1420. The molecule has 8 nitrogen and oxygen atoms in total. The summed E-state index contributed by atoms with van der Waals surface area (Å²) in [7, 11) is -4.20. The maximum Gasteiger partial charge on any atom is 0.264 e. The highest BCUT2D eigenvalue weighted by molar-refractivity contribution is 9.10. The fourth-order valence-electron chi connectivity index (χ4n) is 4.22. The summed E-state index contributed by atoms with van der Waals surface area (Å²) in [5.41, 5.74) is 0.852. The van der Waals surface area contributed by atoms with Crippen LogP contribution in [0.3, 0.4) is 0 Å². The van der Waals surface area contributed by atoms with E-state index in [0.717, 1.165) is 4.31 Å². The predicted molar refractivity (Wildman–Crippen MR) is 161 cm³/mol. The van der Waals surface area contributed by atoms with Crippen LogP contribution in [-0.2, 0) is 26.2 Å². The summed E-state index contributed by atoms with van der Waals surface area (Å²) < 4.78 is 48.7. The van der Waals surface area contributed by atoms with Crippen LogP contribution in [0, 0.1) is 5.82 Å². The number of rotatable bonds is 13. The number of nitrogens with zero attached hydrogens (tertiary/aromatic N) is 2. The molecule has 0 aromatic heterocycles. The van der Waals surface area contributed by atoms with Crippen molar-refractivity contribution in [1.29, 1.82) is 0 Å². The number of nitrogens with one attached hydrogen (secondary N) is 1. The molecule has 0 fully saturated rings. The smallest absolute Gasteiger partial charge is 0.264 e. The average molecular weight is 649 g/mol. The third-order valence-corrected chi connectivity index (χ3v) is 8.52. The van der Waals surface area contributed by atoms with Gasteiger partial charge in [-0.25, -0.2) is 12.8 Å². The van der Waals surface area contributed by atoms with Gasteiger partial charge in [-0.05, 0) is 93.4 Å². The Kier molecular flexibility index (Phi) is 11.3. The second kappa shape index (κ2) is 14.5. The van der Waals surface area contributed by atoms with Gasteiger partial charge in [0, 0.05) is 17.1 Å². The van der Waals surface area contributed by atoms with Crippen molar-refractivity contribution in [2.24, 2.45) is 0 Å². The standard InChI is InChI=1S/C30H35BrFN3O5S/c1-5-28(30(37)33-21(3)4)34(19-22-7-11-24(32)12-8-22)29(36)20-35(25-13-15-26(16-14-25)40-6-2)41(38,39)27-17-9-23(31)10-18-27/h7-18,21,28H,5-6,19-20H2,1-4H3,(H,33,37)/t28-/m1/s1. The molecule has 220 valence electrons. The Balaban J connectivity index is 2.06. The lowest BCUT2D eigenvalue weighted by Gasteiger charge is -2.33. The number of anilines is 1. The van der Waals surface area contributed by atoms with Crippen molar-refractivity contribution < 1.29 is 27.1 Å². The fourth-order valence-corrected chi connectivity index (χ4v) is 5.90. The zero-order valence-corrected chi connectivity index (χ0v) is 25.9. The van der Waals surface area contributed by atoms with Crippen molar-refractivity contribution in [3.63, 3.8) is 0 Å². The topological polar surface area (TPSA) is 96.0 Å². The fraction of sp³-hybridized carbons (Fsp3) is 0.333. The minimum atomic E-state index is -4.20. The van der Waals surface area contributed by atoms with E-state index in [1.165, 1.54) is 41.3 Å². The van der Waals surface area contributed by atoms with Crippen LogP contribution in [0.2, 0.25) is 0 Å². The molecule has 0 spiro atoms. The van der Waals surface area contributed by atoms with Crippen LogP contribution < -0.4 is 14.4 Å². The van der Waals surface area contributed by atoms with Crippen molar-refractivity contribution in [2.45, 2.75) is 57.6 Å². The maximum atomic E-state index is 14.0. The van der Waals surface area contributed by atoms with Crippen LogP contribution in [0.25, 0.3) is 0 Å². The van der Waals surface area contributed by atoms with Gasteiger partial charge in [0.05, 0.1) is 17.2 Å². The molecule has 0 saturated heterocycles. The van der Waals surface area contributed by atoms with Gasteiger partial charge in [-0.3, -0.25) is 13.9 Å². The predicted octanol–water partition coefficient (Wildman–Crippen LogP) is 5.51. The Morgan fingerprint density at radius 1 is 0.951 bits per heavy atom. The molecule has 3 aromatic rings. The Labute approximate surface area is 249 Å². The van der Waals surface area contributed by atoms with Crippen molar-refractivity contribution in [2.75, 3.05) is 17.5 Å². The zero-order valence-electron chi connectivity index (χ0n) is 23.5. The van der Waals surface area contributed by atoms with E-state index in [0.29, 0.717) is 22.4 Å². The van der Waals surface area contributed by atoms with Crippen LogP contribution >= 0.6 is 15.9 Å². The molecule has 0 aliphatic carbocycles. The Morgan fingerprint density at radius 3 is 2.10 bits per heavy atom. The average Bonchev–Trinajstić information content (AvgIpc) is 2.93. The molecule has 0 radical (unpaired) electrons. The molecular formula is C30H35BrFN3O5S. The van der Waals surface area contributed by atoms with Gasteiger partial charge in [0.1, 0.15) is 24.2 Å². The van der Waals surface area contributed by atoms with Crippen LogP contribution in [0.1, 0.15) is 39.7 Å². The van der Waals surface area contributed by atoms with Crippen LogP contribution in [0.5, 0.6) is 5.75 Å². The molecule has 0 saturated carbocycles. The van der Waals surface area contributed by atoms with E-state index in [-0.39, 0.29) is 35.5 Å². The van der Waals surface area contributed by atoms with Crippen LogP contribution in [0.4, 0.5) is 10.1 Å². The van der Waals surface area contributed by atoms with E-state index in [1.807, 2.05) is 20.8 Å². The van der Waals surface area contributed by atoms with E-state index in [1.54, 1.807) is 43.3 Å². The van der Waals surface area contributed by atoms with Gasteiger partial charge in [-0.1, -0.05) is 35.0 Å². The molecule has 0 bridgehead atoms. The highest BCUT2D eigenvalue weighted by atomic mass is 79.9. The zero-order chi connectivity index (χ0) is 30.2. The van der Waals surface area contributed by atoms with Gasteiger partial charge in [0.15, 0.2) is 0 Å². The van der Waals surface area contributed by atoms with Crippen molar-refractivity contribution in [1.82, 2.24) is 10.2 Å². The third-order valence-electron chi connectivity index (χ3n) is 6.20. The molecular weight excluding hydrogens is 613 g/mol. The summed E-state index contributed by atoms with van der Waals surface area (Å²) in [6, 6.07) is 17.1. The first-order chi connectivity index (χ1) is 19.5. The molecule has 0 heterocycles. The molecule has 0 aliphatic rings. The molecule has 0 aliphatic heterocycles. The molecule has 41 heavy (non-hydrogen) atoms. The summed E-state index contributed by atoms with van der Waals surface area (Å²) >= 11 is 3.32. The number of hydrogen-bond acceptors (Lipinski definition) is 5. The van der Waals surface area contributed by atoms with Crippen LogP contribution in [0.15, 0.2) is 82.2 Å². The number of sulfonamides is 1. The minimum Gasteiger partial charge on any atom is -0.494 e. The lowest BCUT2D eigenvalue weighted by atomic mass is 10.1. The summed E-state index contributed by atoms with van der Waals surface area (Å²) in [5.74, 6) is -0.826. The molecule has 3 aromatic carbocycles. The second-order valence-electron chi connectivity index (χ2n) is 9.63. The van der Waals surface area contributed by atoms with E-state index < -0.39 is 34.3 Å². The lowest BCUT2D eigenvalue weighted by Crippen LogP contribution is -2.53. The molecule has 1 N–H and O–H groups in total. The first kappa shape index (κ1) is 32.1. The van der Waals surface area contributed by atoms with Gasteiger partial charge < -0.3 is 15.0 Å². The molecule has 3 rings (SSSR count). The van der Waals surface area contributed by atoms with E-state index in [2.05, 4.69) is 21.2 Å². The Morgan fingerprint density at radius 2 is 1.56 bits per heavy atom. The van der Waals surface area contributed by atoms with Crippen molar-refractivity contribution in [3.8, 4) is 5.75 Å². The number of carbonyl (C=O) groups excluding carboxylic acids is 2. The monoisotopic (exact) mass is 647 g/mol. The quantitative estimate of drug-likeness (QED) is 0.264. The molecule has 11 heteroatoms. The summed E-state index contributed by atoms with van der Waals surface area (Å²) in [4.78, 5) is 28.5. The van der Waals surface area contributed by atoms with E-state index in [4.69, 9.17) is 4.74 Å². The van der Waals surface area contributed by atoms with E-state index >= 15 is 0 Å². The SMILES string of the molecule is CCOc1ccc(N(CC(=O)N(Cc2ccc(F)cc2)[C@H](CC)C(=O)NC(C)C)S(=O)(=O)c2ccc(Br)cc2)cc1. The highest BCUT2D eigenvalue weighted by Gasteiger charge is 2.34. The number of carbonyl (C=O) groups is 2. The minimum absolute atomic E-state index is 0.00272. The summed E-state index contributed by atoms with van der Waals surface area (Å²) in [6.07, 6.45) is 0.286. The van der Waals surface area contributed by atoms with Crippen molar-refractivity contribution in [3.05, 3.63) is 88.6 Å². The van der Waals surface area contributed by atoms with Gasteiger partial charge >= 0.3 is 0 Å². The number of hydrogen-bond donors (Lipinski definition) is 1. The summed E-state index contributed by atoms with van der Waals surface area (Å²) in [6.45, 7) is 7.10. The molecule has 1 atom stereocenters. The van der Waals surface area contributed by atoms with Gasteiger partial charge in [0.2, 0.25) is 11.8 Å². The summed E-state index contributed by atoms with van der Waals surface area (Å²) in [5, 5.41) is 2.85. The molecule has 0 unspecified atom stereocenters. The Hall–Kier alpha value is -3.44. The van der Waals surface area contributed by atoms with Crippen LogP contribution in [-0.4, -0.2) is 50.4 Å². The molecule has 2 amide bonds. The number of ether oxygens (including phenoxy) is 1.